The van der Waals surface area contributed by atoms with Crippen molar-refractivity contribution in [3.63, 3.8) is 0 Å². The van der Waals surface area contributed by atoms with Gasteiger partial charge in [-0.1, -0.05) is 12.1 Å². The molecule has 3 N–H and O–H groups in total. The van der Waals surface area contributed by atoms with Gasteiger partial charge in [0.2, 0.25) is 0 Å². The van der Waals surface area contributed by atoms with Gasteiger partial charge in [0.15, 0.2) is 5.96 Å². The molecule has 1 atom stereocenters. The predicted octanol–water partition coefficient (Wildman–Crippen LogP) is 1.58. The number of benzene rings is 1. The Balaban J connectivity index is 1.94. The molecule has 1 aliphatic rings. The molecular formula is C15H23BrN4O. The molecule has 0 bridgehead atoms. The first kappa shape index (κ1) is 16.1. The number of anilines is 1. The maximum Gasteiger partial charge on any atom is 0.191 e. The fourth-order valence-electron chi connectivity index (χ4n) is 2.48. The molecular weight excluding hydrogens is 332 g/mol. The lowest BCUT2D eigenvalue weighted by Gasteiger charge is -2.21. The number of hydrogen-bond donors (Lipinski definition) is 3. The number of nitrogens with zero attached hydrogens (tertiary/aromatic N) is 2. The summed E-state index contributed by atoms with van der Waals surface area (Å²) >= 11 is 3.61. The van der Waals surface area contributed by atoms with E-state index in [1.165, 1.54) is 5.69 Å². The second kappa shape index (κ2) is 8.24. The van der Waals surface area contributed by atoms with Gasteiger partial charge in [0.25, 0.3) is 0 Å². The zero-order valence-electron chi connectivity index (χ0n) is 12.3. The van der Waals surface area contributed by atoms with Gasteiger partial charge in [0, 0.05) is 30.1 Å². The van der Waals surface area contributed by atoms with Gasteiger partial charge in [-0.2, -0.15) is 0 Å². The van der Waals surface area contributed by atoms with E-state index in [-0.39, 0.29) is 6.61 Å². The Labute approximate surface area is 134 Å². The highest BCUT2D eigenvalue weighted by atomic mass is 79.9. The number of nitrogens with one attached hydrogen (secondary N) is 2. The van der Waals surface area contributed by atoms with Gasteiger partial charge in [0.1, 0.15) is 0 Å². The largest absolute Gasteiger partial charge is 0.394 e. The maximum absolute atomic E-state index is 8.89. The van der Waals surface area contributed by atoms with Gasteiger partial charge in [-0.15, -0.1) is 0 Å². The van der Waals surface area contributed by atoms with Crippen molar-refractivity contribution in [3.05, 3.63) is 28.7 Å². The second-order valence-electron chi connectivity index (χ2n) is 5.01. The van der Waals surface area contributed by atoms with Crippen LogP contribution < -0.4 is 15.5 Å². The molecule has 1 aliphatic heterocycles. The van der Waals surface area contributed by atoms with Crippen LogP contribution in [0.25, 0.3) is 0 Å². The summed E-state index contributed by atoms with van der Waals surface area (Å²) in [6.07, 6.45) is 1.07. The third-order valence-electron chi connectivity index (χ3n) is 3.44. The minimum atomic E-state index is 0.0737. The molecule has 1 saturated heterocycles. The molecule has 0 spiro atoms. The van der Waals surface area contributed by atoms with Crippen molar-refractivity contribution < 1.29 is 5.11 Å². The Hall–Kier alpha value is -1.27. The highest BCUT2D eigenvalue weighted by Gasteiger charge is 2.24. The van der Waals surface area contributed by atoms with E-state index in [0.29, 0.717) is 12.6 Å². The van der Waals surface area contributed by atoms with Crippen molar-refractivity contribution >= 4 is 27.6 Å². The molecule has 21 heavy (non-hydrogen) atoms. The number of aliphatic imine (C=N–C) groups is 1. The summed E-state index contributed by atoms with van der Waals surface area (Å²) in [6, 6.07) is 8.67. The van der Waals surface area contributed by atoms with E-state index in [1.807, 2.05) is 13.0 Å². The summed E-state index contributed by atoms with van der Waals surface area (Å²) < 4.78 is 1.13. The Morgan fingerprint density at radius 3 is 3.00 bits per heavy atom. The summed E-state index contributed by atoms with van der Waals surface area (Å²) in [5, 5.41) is 15.5. The number of aliphatic hydroxyl groups is 1. The minimum Gasteiger partial charge on any atom is -0.394 e. The average Bonchev–Trinajstić information content (AvgIpc) is 2.94. The second-order valence-corrected chi connectivity index (χ2v) is 5.87. The fraction of sp³-hybridized carbons (Fsp3) is 0.533. The summed E-state index contributed by atoms with van der Waals surface area (Å²) in [5.41, 5.74) is 1.24. The van der Waals surface area contributed by atoms with Crippen LogP contribution >= 0.6 is 15.9 Å². The highest BCUT2D eigenvalue weighted by molar-refractivity contribution is 9.10. The molecule has 116 valence electrons. The van der Waals surface area contributed by atoms with Crippen LogP contribution in [0.2, 0.25) is 0 Å². The monoisotopic (exact) mass is 354 g/mol. The summed E-state index contributed by atoms with van der Waals surface area (Å²) in [4.78, 5) is 6.70. The lowest BCUT2D eigenvalue weighted by molar-refractivity contribution is 0.306. The Kier molecular flexibility index (Phi) is 6.32. The topological polar surface area (TPSA) is 59.9 Å². The number of hydrogen-bond acceptors (Lipinski definition) is 3. The first-order valence-electron chi connectivity index (χ1n) is 7.39. The lowest BCUT2D eigenvalue weighted by atomic mass is 10.3. The molecule has 0 amide bonds. The van der Waals surface area contributed by atoms with E-state index in [2.05, 4.69) is 54.7 Å². The van der Waals surface area contributed by atoms with E-state index in [9.17, 15) is 0 Å². The summed E-state index contributed by atoms with van der Waals surface area (Å²) in [6.45, 7) is 5.34. The smallest absolute Gasteiger partial charge is 0.191 e. The molecule has 5 nitrogen and oxygen atoms in total. The first-order chi connectivity index (χ1) is 10.2. The number of rotatable bonds is 5. The maximum atomic E-state index is 8.89. The predicted molar refractivity (Wildman–Crippen MR) is 91.0 cm³/mol. The van der Waals surface area contributed by atoms with E-state index >= 15 is 0 Å². The van der Waals surface area contributed by atoms with Crippen LogP contribution in [-0.4, -0.2) is 49.9 Å². The van der Waals surface area contributed by atoms with Crippen LogP contribution in [0, 0.1) is 0 Å². The molecule has 1 unspecified atom stereocenters. The number of aliphatic hydroxyl groups excluding tert-OH is 1. The van der Waals surface area contributed by atoms with Crippen LogP contribution in [0.15, 0.2) is 33.7 Å². The first-order valence-corrected chi connectivity index (χ1v) is 8.19. The van der Waals surface area contributed by atoms with Gasteiger partial charge in [-0.3, -0.25) is 4.99 Å². The van der Waals surface area contributed by atoms with Gasteiger partial charge in [-0.05, 0) is 41.4 Å². The van der Waals surface area contributed by atoms with Crippen molar-refractivity contribution in [2.75, 3.05) is 37.7 Å². The van der Waals surface area contributed by atoms with Gasteiger partial charge in [-0.25, -0.2) is 0 Å². The third kappa shape index (κ3) is 4.61. The number of guanidine groups is 1. The normalized spacial score (nSPS) is 18.9. The zero-order chi connectivity index (χ0) is 15.1. The molecule has 6 heteroatoms. The Bertz CT molecular complexity index is 480. The number of para-hydroxylation sites is 1. The molecule has 0 aliphatic carbocycles. The summed E-state index contributed by atoms with van der Waals surface area (Å²) in [7, 11) is 0. The minimum absolute atomic E-state index is 0.0737. The molecule has 0 aromatic heterocycles. The molecule has 0 radical (unpaired) electrons. The standard InChI is InChI=1S/C15H23BrN4O/c1-2-17-15(18-8-10-21)19-12-7-9-20(11-12)14-6-4-3-5-13(14)16/h3-6,12,21H,2,7-11H2,1H3,(H2,17,18,19). The van der Waals surface area contributed by atoms with E-state index in [0.717, 1.165) is 36.5 Å². The summed E-state index contributed by atoms with van der Waals surface area (Å²) in [5.74, 6) is 0.783. The quantitative estimate of drug-likeness (QED) is 0.554. The zero-order valence-corrected chi connectivity index (χ0v) is 13.9. The van der Waals surface area contributed by atoms with Crippen molar-refractivity contribution in [1.82, 2.24) is 10.6 Å². The van der Waals surface area contributed by atoms with Crippen molar-refractivity contribution in [2.24, 2.45) is 4.99 Å². The molecule has 1 heterocycles. The van der Waals surface area contributed by atoms with Crippen LogP contribution in [0.1, 0.15) is 13.3 Å². The molecule has 1 aromatic rings. The van der Waals surface area contributed by atoms with E-state index in [1.54, 1.807) is 0 Å². The van der Waals surface area contributed by atoms with E-state index < -0.39 is 0 Å². The molecule has 1 fully saturated rings. The average molecular weight is 355 g/mol. The van der Waals surface area contributed by atoms with Crippen LogP contribution in [0.3, 0.4) is 0 Å². The van der Waals surface area contributed by atoms with Crippen molar-refractivity contribution in [2.45, 2.75) is 19.4 Å². The van der Waals surface area contributed by atoms with Gasteiger partial charge < -0.3 is 20.6 Å². The van der Waals surface area contributed by atoms with Gasteiger partial charge in [0.05, 0.1) is 18.8 Å². The van der Waals surface area contributed by atoms with E-state index in [4.69, 9.17) is 5.11 Å². The fourth-order valence-corrected chi connectivity index (χ4v) is 3.02. The molecule has 1 aromatic carbocycles. The number of halogens is 1. The third-order valence-corrected chi connectivity index (χ3v) is 4.11. The van der Waals surface area contributed by atoms with Crippen LogP contribution in [0.4, 0.5) is 5.69 Å². The molecule has 2 rings (SSSR count). The van der Waals surface area contributed by atoms with Crippen molar-refractivity contribution in [1.29, 1.82) is 0 Å². The molecule has 0 saturated carbocycles. The Morgan fingerprint density at radius 2 is 2.29 bits per heavy atom. The van der Waals surface area contributed by atoms with Gasteiger partial charge >= 0.3 is 0 Å². The van der Waals surface area contributed by atoms with Crippen LogP contribution in [0.5, 0.6) is 0 Å². The highest BCUT2D eigenvalue weighted by Crippen LogP contribution is 2.28. The SMILES string of the molecule is CCNC(=NCCO)NC1CCN(c2ccccc2Br)C1. The lowest BCUT2D eigenvalue weighted by Crippen LogP contribution is -2.44. The van der Waals surface area contributed by atoms with Crippen LogP contribution in [-0.2, 0) is 0 Å². The van der Waals surface area contributed by atoms with Crippen molar-refractivity contribution in [3.8, 4) is 0 Å². The Morgan fingerprint density at radius 1 is 1.48 bits per heavy atom.